The number of benzene rings is 1. The predicted molar refractivity (Wildman–Crippen MR) is 80.4 cm³/mol. The van der Waals surface area contributed by atoms with E-state index in [-0.39, 0.29) is 0 Å². The average Bonchev–Trinajstić information content (AvgIpc) is 3.23. The monoisotopic (exact) mass is 266 g/mol. The van der Waals surface area contributed by atoms with Gasteiger partial charge in [-0.05, 0) is 42.5 Å². The molecule has 0 saturated heterocycles. The van der Waals surface area contributed by atoms with E-state index in [1.54, 1.807) is 0 Å². The molecule has 4 heteroatoms. The van der Waals surface area contributed by atoms with Crippen LogP contribution in [0.15, 0.2) is 41.5 Å². The summed E-state index contributed by atoms with van der Waals surface area (Å²) in [6, 6.07) is 10.9. The number of aromatic nitrogens is 1. The Hall–Kier alpha value is -2.10. The number of hydrogen-bond acceptors (Lipinski definition) is 4. The van der Waals surface area contributed by atoms with Crippen LogP contribution in [-0.4, -0.2) is 28.9 Å². The minimum atomic E-state index is 0.292. The highest BCUT2D eigenvalue weighted by Crippen LogP contribution is 2.35. The van der Waals surface area contributed by atoms with E-state index in [1.807, 2.05) is 12.3 Å². The van der Waals surface area contributed by atoms with Gasteiger partial charge in [0.25, 0.3) is 0 Å². The van der Waals surface area contributed by atoms with Crippen molar-refractivity contribution in [3.63, 3.8) is 0 Å². The summed E-state index contributed by atoms with van der Waals surface area (Å²) in [5.74, 6) is 1.51. The molecule has 1 unspecified atom stereocenters. The molecule has 1 aliphatic heterocycles. The zero-order chi connectivity index (χ0) is 13.5. The lowest BCUT2D eigenvalue weighted by molar-refractivity contribution is 0.334. The zero-order valence-corrected chi connectivity index (χ0v) is 11.4. The van der Waals surface area contributed by atoms with Crippen LogP contribution in [0.4, 0.5) is 0 Å². The van der Waals surface area contributed by atoms with Crippen molar-refractivity contribution >= 4 is 16.9 Å². The van der Waals surface area contributed by atoms with Gasteiger partial charge in [-0.2, -0.15) is 0 Å². The zero-order valence-electron chi connectivity index (χ0n) is 11.4. The van der Waals surface area contributed by atoms with Gasteiger partial charge in [-0.15, -0.1) is 0 Å². The second-order valence-electron chi connectivity index (χ2n) is 5.77. The molecule has 2 aromatic rings. The van der Waals surface area contributed by atoms with Crippen molar-refractivity contribution in [2.75, 3.05) is 13.1 Å². The lowest BCUT2D eigenvalue weighted by atomic mass is 10.0. The smallest absolute Gasteiger partial charge is 0.191 e. The summed E-state index contributed by atoms with van der Waals surface area (Å²) in [4.78, 5) is 11.1. The van der Waals surface area contributed by atoms with Crippen LogP contribution in [0, 0.1) is 5.92 Å². The van der Waals surface area contributed by atoms with Crippen molar-refractivity contribution in [3.8, 4) is 0 Å². The van der Waals surface area contributed by atoms with Gasteiger partial charge in [0.05, 0.1) is 18.1 Å². The summed E-state index contributed by atoms with van der Waals surface area (Å²) in [6.45, 7) is 1.81. The van der Waals surface area contributed by atoms with Gasteiger partial charge in [0.15, 0.2) is 5.96 Å². The fourth-order valence-electron chi connectivity index (χ4n) is 2.92. The van der Waals surface area contributed by atoms with Crippen LogP contribution in [0.5, 0.6) is 0 Å². The third-order valence-corrected chi connectivity index (χ3v) is 4.26. The molecule has 20 heavy (non-hydrogen) atoms. The van der Waals surface area contributed by atoms with Crippen LogP contribution in [0.25, 0.3) is 10.9 Å². The third kappa shape index (κ3) is 2.01. The van der Waals surface area contributed by atoms with E-state index in [0.717, 1.165) is 24.5 Å². The predicted octanol–water partition coefficient (Wildman–Crippen LogP) is 2.32. The van der Waals surface area contributed by atoms with Gasteiger partial charge in [-0.3, -0.25) is 9.98 Å². The van der Waals surface area contributed by atoms with Crippen LogP contribution in [0.3, 0.4) is 0 Å². The lowest BCUT2D eigenvalue weighted by Crippen LogP contribution is -2.37. The summed E-state index contributed by atoms with van der Waals surface area (Å²) in [5, 5.41) is 1.18. The van der Waals surface area contributed by atoms with Crippen molar-refractivity contribution < 1.29 is 0 Å². The molecule has 2 N–H and O–H groups in total. The van der Waals surface area contributed by atoms with Gasteiger partial charge in [0, 0.05) is 18.1 Å². The summed E-state index contributed by atoms with van der Waals surface area (Å²) < 4.78 is 0. The molecule has 1 saturated carbocycles. The normalized spacial score (nSPS) is 22.3. The Labute approximate surface area is 118 Å². The number of nitrogens with two attached hydrogens (primary N) is 1. The molecular weight excluding hydrogens is 248 g/mol. The molecule has 4 nitrogen and oxygen atoms in total. The molecule has 4 rings (SSSR count). The quantitative estimate of drug-likeness (QED) is 0.927. The first-order valence-electron chi connectivity index (χ1n) is 7.22. The van der Waals surface area contributed by atoms with Gasteiger partial charge in [0.1, 0.15) is 0 Å². The maximum Gasteiger partial charge on any atom is 0.191 e. The first-order valence-corrected chi connectivity index (χ1v) is 7.22. The first kappa shape index (κ1) is 11.7. The summed E-state index contributed by atoms with van der Waals surface area (Å²) >= 11 is 0. The minimum absolute atomic E-state index is 0.292. The van der Waals surface area contributed by atoms with E-state index >= 15 is 0 Å². The summed E-state index contributed by atoms with van der Waals surface area (Å²) in [6.07, 6.45) is 4.49. The van der Waals surface area contributed by atoms with Crippen LogP contribution in [-0.2, 0) is 0 Å². The summed E-state index contributed by atoms with van der Waals surface area (Å²) in [5.41, 5.74) is 8.39. The van der Waals surface area contributed by atoms with Crippen LogP contribution < -0.4 is 5.73 Å². The molecule has 1 aromatic carbocycles. The standard InChI is InChI=1S/C16H18N4/c17-16-19-9-15(20(16)10-11-3-4-11)13-5-6-14-12(8-13)2-1-7-18-14/h1-2,5-8,11,15H,3-4,9-10H2,(H2,17,19). The highest BCUT2D eigenvalue weighted by Gasteiger charge is 2.33. The fraction of sp³-hybridized carbons (Fsp3) is 0.375. The van der Waals surface area contributed by atoms with Crippen LogP contribution >= 0.6 is 0 Å². The Morgan fingerprint density at radius 2 is 2.15 bits per heavy atom. The molecule has 0 radical (unpaired) electrons. The first-order chi connectivity index (χ1) is 9.81. The second kappa shape index (κ2) is 4.47. The maximum atomic E-state index is 6.06. The minimum Gasteiger partial charge on any atom is -0.370 e. The SMILES string of the molecule is NC1=NCC(c2ccc3ncccc3c2)N1CC1CC1. The van der Waals surface area contributed by atoms with Crippen molar-refractivity contribution in [1.29, 1.82) is 0 Å². The van der Waals surface area contributed by atoms with Crippen LogP contribution in [0.1, 0.15) is 24.4 Å². The van der Waals surface area contributed by atoms with Crippen molar-refractivity contribution in [2.45, 2.75) is 18.9 Å². The molecule has 1 aromatic heterocycles. The highest BCUT2D eigenvalue weighted by atomic mass is 15.3. The Bertz CT molecular complexity index is 675. The Balaban J connectivity index is 1.67. The van der Waals surface area contributed by atoms with Gasteiger partial charge >= 0.3 is 0 Å². The van der Waals surface area contributed by atoms with E-state index < -0.39 is 0 Å². The topological polar surface area (TPSA) is 54.5 Å². The Morgan fingerprint density at radius 1 is 1.25 bits per heavy atom. The van der Waals surface area contributed by atoms with Gasteiger partial charge in [0.2, 0.25) is 0 Å². The largest absolute Gasteiger partial charge is 0.370 e. The Kier molecular flexibility index (Phi) is 2.62. The number of guanidine groups is 1. The maximum absolute atomic E-state index is 6.06. The van der Waals surface area contributed by atoms with Crippen molar-refractivity contribution in [2.24, 2.45) is 16.6 Å². The van der Waals surface area contributed by atoms with Crippen LogP contribution in [0.2, 0.25) is 0 Å². The second-order valence-corrected chi connectivity index (χ2v) is 5.77. The van der Waals surface area contributed by atoms with E-state index in [0.29, 0.717) is 12.0 Å². The van der Waals surface area contributed by atoms with Gasteiger partial charge < -0.3 is 10.6 Å². The van der Waals surface area contributed by atoms with E-state index in [2.05, 4.69) is 39.1 Å². The van der Waals surface area contributed by atoms with E-state index in [9.17, 15) is 0 Å². The van der Waals surface area contributed by atoms with E-state index in [1.165, 1.54) is 23.8 Å². The Morgan fingerprint density at radius 3 is 3.00 bits per heavy atom. The van der Waals surface area contributed by atoms with Gasteiger partial charge in [-0.1, -0.05) is 12.1 Å². The molecule has 0 amide bonds. The third-order valence-electron chi connectivity index (χ3n) is 4.26. The lowest BCUT2D eigenvalue weighted by Gasteiger charge is -2.26. The number of nitrogens with zero attached hydrogens (tertiary/aromatic N) is 3. The number of pyridine rings is 1. The number of aliphatic imine (C=N–C) groups is 1. The molecular formula is C16H18N4. The molecule has 1 atom stereocenters. The molecule has 1 fully saturated rings. The molecule has 1 aliphatic carbocycles. The molecule has 2 aliphatic rings. The van der Waals surface area contributed by atoms with E-state index in [4.69, 9.17) is 5.73 Å². The number of fused-ring (bicyclic) bond motifs is 1. The average molecular weight is 266 g/mol. The molecule has 0 bridgehead atoms. The van der Waals surface area contributed by atoms with Gasteiger partial charge in [-0.25, -0.2) is 0 Å². The molecule has 102 valence electrons. The fourth-order valence-corrected chi connectivity index (χ4v) is 2.92. The molecule has 0 spiro atoms. The number of rotatable bonds is 3. The van der Waals surface area contributed by atoms with Crippen molar-refractivity contribution in [3.05, 3.63) is 42.1 Å². The van der Waals surface area contributed by atoms with Crippen molar-refractivity contribution in [1.82, 2.24) is 9.88 Å². The molecule has 2 heterocycles. The summed E-state index contributed by atoms with van der Waals surface area (Å²) in [7, 11) is 0. The highest BCUT2D eigenvalue weighted by molar-refractivity contribution is 5.82. The number of hydrogen-bond donors (Lipinski definition) is 1.